The summed E-state index contributed by atoms with van der Waals surface area (Å²) in [5, 5.41) is 4.66. The normalized spacial score (nSPS) is 10.6. The van der Waals surface area contributed by atoms with Crippen molar-refractivity contribution in [1.29, 1.82) is 0 Å². The van der Waals surface area contributed by atoms with Crippen molar-refractivity contribution in [3.05, 3.63) is 82.4 Å². The van der Waals surface area contributed by atoms with Crippen LogP contribution in [0.4, 0.5) is 0 Å². The Morgan fingerprint density at radius 1 is 0.906 bits per heavy atom. The van der Waals surface area contributed by atoms with Gasteiger partial charge in [0, 0.05) is 16.1 Å². The Balaban J connectivity index is 1.64. The summed E-state index contributed by atoms with van der Waals surface area (Å²) in [6.45, 7) is 0.310. The van der Waals surface area contributed by atoms with Gasteiger partial charge in [-0.25, -0.2) is 5.43 Å². The SMILES string of the molecule is COc1ccc(C(=O)N/N=C/c2ccc(OCc3ccccc3Cl)c(OC)c2)cc1OC. The van der Waals surface area contributed by atoms with E-state index < -0.39 is 0 Å². The Hall–Kier alpha value is -3.71. The first-order chi connectivity index (χ1) is 15.5. The van der Waals surface area contributed by atoms with E-state index in [-0.39, 0.29) is 5.91 Å². The average molecular weight is 455 g/mol. The van der Waals surface area contributed by atoms with Gasteiger partial charge in [-0.1, -0.05) is 29.8 Å². The summed E-state index contributed by atoms with van der Waals surface area (Å²) in [5.41, 5.74) is 4.47. The van der Waals surface area contributed by atoms with Gasteiger partial charge in [-0.15, -0.1) is 0 Å². The lowest BCUT2D eigenvalue weighted by atomic mass is 10.2. The Morgan fingerprint density at radius 2 is 1.59 bits per heavy atom. The van der Waals surface area contributed by atoms with Crippen LogP contribution in [0.25, 0.3) is 0 Å². The van der Waals surface area contributed by atoms with Crippen LogP contribution in [-0.2, 0) is 6.61 Å². The highest BCUT2D eigenvalue weighted by Gasteiger charge is 2.10. The molecule has 0 saturated carbocycles. The molecular weight excluding hydrogens is 432 g/mol. The van der Waals surface area contributed by atoms with Crippen molar-refractivity contribution in [2.45, 2.75) is 6.61 Å². The van der Waals surface area contributed by atoms with Gasteiger partial charge < -0.3 is 18.9 Å². The third kappa shape index (κ3) is 5.70. The summed E-state index contributed by atoms with van der Waals surface area (Å²) in [6, 6.07) is 17.7. The molecule has 3 aromatic rings. The summed E-state index contributed by atoms with van der Waals surface area (Å²) < 4.78 is 21.7. The first kappa shape index (κ1) is 23.0. The van der Waals surface area contributed by atoms with Gasteiger partial charge >= 0.3 is 0 Å². The summed E-state index contributed by atoms with van der Waals surface area (Å²) in [6.07, 6.45) is 1.51. The third-order valence-electron chi connectivity index (χ3n) is 4.55. The molecule has 3 rings (SSSR count). The number of amides is 1. The third-order valence-corrected chi connectivity index (χ3v) is 4.92. The van der Waals surface area contributed by atoms with E-state index in [9.17, 15) is 4.79 Å². The number of nitrogens with zero attached hydrogens (tertiary/aromatic N) is 1. The van der Waals surface area contributed by atoms with E-state index in [2.05, 4.69) is 10.5 Å². The predicted molar refractivity (Wildman–Crippen MR) is 123 cm³/mol. The maximum Gasteiger partial charge on any atom is 0.271 e. The van der Waals surface area contributed by atoms with Crippen molar-refractivity contribution in [1.82, 2.24) is 5.43 Å². The van der Waals surface area contributed by atoms with Crippen molar-refractivity contribution in [3.63, 3.8) is 0 Å². The number of hydrazone groups is 1. The quantitative estimate of drug-likeness (QED) is 0.374. The summed E-state index contributed by atoms with van der Waals surface area (Å²) in [5.74, 6) is 1.72. The lowest BCUT2D eigenvalue weighted by molar-refractivity contribution is 0.0954. The number of hydrogen-bond acceptors (Lipinski definition) is 6. The van der Waals surface area contributed by atoms with Gasteiger partial charge in [0.25, 0.3) is 5.91 Å². The molecule has 166 valence electrons. The van der Waals surface area contributed by atoms with Crippen LogP contribution in [0.2, 0.25) is 5.02 Å². The molecule has 1 N–H and O–H groups in total. The molecule has 0 bridgehead atoms. The minimum Gasteiger partial charge on any atom is -0.493 e. The number of carbonyl (C=O) groups is 1. The second-order valence-corrected chi connectivity index (χ2v) is 6.97. The van der Waals surface area contributed by atoms with E-state index in [1.807, 2.05) is 24.3 Å². The van der Waals surface area contributed by atoms with Crippen LogP contribution in [0.5, 0.6) is 23.0 Å². The maximum atomic E-state index is 12.4. The lowest BCUT2D eigenvalue weighted by Crippen LogP contribution is -2.17. The fourth-order valence-electron chi connectivity index (χ4n) is 2.86. The molecule has 0 heterocycles. The smallest absolute Gasteiger partial charge is 0.271 e. The highest BCUT2D eigenvalue weighted by molar-refractivity contribution is 6.31. The Morgan fingerprint density at radius 3 is 2.31 bits per heavy atom. The topological polar surface area (TPSA) is 78.4 Å². The predicted octanol–water partition coefficient (Wildman–Crippen LogP) is 4.71. The highest BCUT2D eigenvalue weighted by Crippen LogP contribution is 2.29. The number of ether oxygens (including phenoxy) is 4. The number of benzene rings is 3. The minimum absolute atomic E-state index is 0.310. The first-order valence-corrected chi connectivity index (χ1v) is 10.0. The van der Waals surface area contributed by atoms with E-state index in [0.29, 0.717) is 40.2 Å². The second kappa shape index (κ2) is 11.1. The van der Waals surface area contributed by atoms with Crippen LogP contribution in [0.3, 0.4) is 0 Å². The molecule has 0 fully saturated rings. The van der Waals surface area contributed by atoms with Crippen LogP contribution < -0.4 is 24.4 Å². The molecule has 0 unspecified atom stereocenters. The number of nitrogens with one attached hydrogen (secondary N) is 1. The molecule has 0 saturated heterocycles. The molecule has 0 aromatic heterocycles. The van der Waals surface area contributed by atoms with Crippen molar-refractivity contribution >= 4 is 23.7 Å². The molecule has 3 aromatic carbocycles. The summed E-state index contributed by atoms with van der Waals surface area (Å²) >= 11 is 6.17. The molecule has 32 heavy (non-hydrogen) atoms. The molecule has 7 nitrogen and oxygen atoms in total. The van der Waals surface area contributed by atoms with E-state index >= 15 is 0 Å². The zero-order chi connectivity index (χ0) is 22.9. The molecule has 0 spiro atoms. The van der Waals surface area contributed by atoms with Crippen molar-refractivity contribution in [2.75, 3.05) is 21.3 Å². The fourth-order valence-corrected chi connectivity index (χ4v) is 3.05. The van der Waals surface area contributed by atoms with E-state index in [1.165, 1.54) is 20.4 Å². The van der Waals surface area contributed by atoms with Crippen molar-refractivity contribution < 1.29 is 23.7 Å². The molecule has 8 heteroatoms. The average Bonchev–Trinajstić information content (AvgIpc) is 2.83. The largest absolute Gasteiger partial charge is 0.493 e. The number of halogens is 1. The molecule has 1 amide bonds. The molecule has 0 radical (unpaired) electrons. The molecule has 0 aliphatic heterocycles. The van der Waals surface area contributed by atoms with Crippen molar-refractivity contribution in [2.24, 2.45) is 5.10 Å². The monoisotopic (exact) mass is 454 g/mol. The lowest BCUT2D eigenvalue weighted by Gasteiger charge is -2.12. The van der Waals surface area contributed by atoms with Crippen LogP contribution >= 0.6 is 11.6 Å². The Kier molecular flexibility index (Phi) is 7.94. The molecular formula is C24H23ClN2O5. The summed E-state index contributed by atoms with van der Waals surface area (Å²) in [7, 11) is 4.59. The molecule has 0 aliphatic carbocycles. The van der Waals surface area contributed by atoms with Crippen LogP contribution in [0, 0.1) is 0 Å². The Bertz CT molecular complexity index is 1120. The van der Waals surface area contributed by atoms with Gasteiger partial charge in [0.15, 0.2) is 23.0 Å². The number of methoxy groups -OCH3 is 3. The van der Waals surface area contributed by atoms with Crippen LogP contribution in [0.15, 0.2) is 65.8 Å². The van der Waals surface area contributed by atoms with Gasteiger partial charge in [-0.05, 0) is 48.0 Å². The standard InChI is InChI=1S/C24H23ClN2O5/c1-29-20-11-9-17(13-23(20)31-3)24(28)27-26-14-16-8-10-21(22(12-16)30-2)32-15-18-6-4-5-7-19(18)25/h4-14H,15H2,1-3H3,(H,27,28)/b26-14+. The van der Waals surface area contributed by atoms with E-state index in [1.54, 1.807) is 43.5 Å². The van der Waals surface area contributed by atoms with Gasteiger partial charge in [-0.3, -0.25) is 4.79 Å². The first-order valence-electron chi connectivity index (χ1n) is 9.65. The second-order valence-electron chi connectivity index (χ2n) is 6.56. The minimum atomic E-state index is -0.381. The summed E-state index contributed by atoms with van der Waals surface area (Å²) in [4.78, 5) is 12.4. The van der Waals surface area contributed by atoms with Gasteiger partial charge in [-0.2, -0.15) is 5.10 Å². The van der Waals surface area contributed by atoms with Gasteiger partial charge in [0.05, 0.1) is 27.5 Å². The Labute approximate surface area is 191 Å². The van der Waals surface area contributed by atoms with Crippen LogP contribution in [-0.4, -0.2) is 33.5 Å². The fraction of sp³-hybridized carbons (Fsp3) is 0.167. The highest BCUT2D eigenvalue weighted by atomic mass is 35.5. The number of carbonyl (C=O) groups excluding carboxylic acids is 1. The number of hydrogen-bond donors (Lipinski definition) is 1. The number of rotatable bonds is 9. The zero-order valence-corrected chi connectivity index (χ0v) is 18.7. The van der Waals surface area contributed by atoms with Crippen molar-refractivity contribution in [3.8, 4) is 23.0 Å². The van der Waals surface area contributed by atoms with E-state index in [4.69, 9.17) is 30.5 Å². The molecule has 0 aliphatic rings. The molecule has 0 atom stereocenters. The maximum absolute atomic E-state index is 12.4. The van der Waals surface area contributed by atoms with Crippen LogP contribution in [0.1, 0.15) is 21.5 Å². The van der Waals surface area contributed by atoms with Gasteiger partial charge in [0.1, 0.15) is 6.61 Å². The van der Waals surface area contributed by atoms with Gasteiger partial charge in [0.2, 0.25) is 0 Å². The van der Waals surface area contributed by atoms with E-state index in [0.717, 1.165) is 11.1 Å². The zero-order valence-electron chi connectivity index (χ0n) is 17.9.